The molecule has 2 aromatic rings. The monoisotopic (exact) mass is 339 g/mol. The fourth-order valence-electron chi connectivity index (χ4n) is 2.13. The average Bonchev–Trinajstić information content (AvgIpc) is 2.67. The summed E-state index contributed by atoms with van der Waals surface area (Å²) in [5, 5.41) is 5.50. The van der Waals surface area contributed by atoms with Crippen LogP contribution in [0.25, 0.3) is 0 Å². The van der Waals surface area contributed by atoms with Crippen LogP contribution in [0.15, 0.2) is 60.7 Å². The molecule has 130 valence electrons. The Morgan fingerprint density at radius 1 is 1.04 bits per heavy atom. The predicted molar refractivity (Wildman–Crippen MR) is 95.6 cm³/mol. The summed E-state index contributed by atoms with van der Waals surface area (Å²) in [4.78, 5) is 34.7. The first kappa shape index (κ1) is 18.1. The fraction of sp³-hybridized carbons (Fsp3) is 0.222. The van der Waals surface area contributed by atoms with Crippen molar-refractivity contribution in [1.29, 1.82) is 0 Å². The zero-order chi connectivity index (χ0) is 18.1. The van der Waals surface area contributed by atoms with Crippen molar-refractivity contribution >= 4 is 17.8 Å². The van der Waals surface area contributed by atoms with Crippen molar-refractivity contribution < 1.29 is 9.59 Å². The van der Waals surface area contributed by atoms with Crippen molar-refractivity contribution in [2.24, 2.45) is 0 Å². The van der Waals surface area contributed by atoms with E-state index in [9.17, 15) is 9.59 Å². The highest BCUT2D eigenvalue weighted by atomic mass is 16.2. The Morgan fingerprint density at radius 2 is 1.68 bits per heavy atom. The van der Waals surface area contributed by atoms with E-state index in [2.05, 4.69) is 20.6 Å². The van der Waals surface area contributed by atoms with Gasteiger partial charge in [0, 0.05) is 37.2 Å². The highest BCUT2D eigenvalue weighted by Crippen LogP contribution is 2.05. The molecule has 0 unspecified atom stereocenters. The minimum atomic E-state index is -0.358. The molecule has 0 atom stereocenters. The second-order valence-corrected chi connectivity index (χ2v) is 5.07. The van der Waals surface area contributed by atoms with Gasteiger partial charge in [-0.25, -0.2) is 9.97 Å². The molecule has 0 fully saturated rings. The lowest BCUT2D eigenvalue weighted by Crippen LogP contribution is -2.38. The molecule has 2 N–H and O–H groups in total. The summed E-state index contributed by atoms with van der Waals surface area (Å²) in [6.07, 6.45) is 4.58. The van der Waals surface area contributed by atoms with Crippen molar-refractivity contribution in [3.05, 3.63) is 66.3 Å². The standard InChI is InChI=1S/C18H21N5O2/c1-3-23(4-2)17(25)15(13-21-18-19-11-8-12-20-18)22-16(24)14-9-6-5-7-10-14/h5-13H,3-4H2,1-2H3,(H,22,24)(H,19,20,21). The largest absolute Gasteiger partial charge is 0.338 e. The van der Waals surface area contributed by atoms with Gasteiger partial charge in [-0.1, -0.05) is 18.2 Å². The Kier molecular flexibility index (Phi) is 6.65. The number of anilines is 1. The van der Waals surface area contributed by atoms with E-state index >= 15 is 0 Å². The number of aromatic nitrogens is 2. The summed E-state index contributed by atoms with van der Waals surface area (Å²) < 4.78 is 0. The summed E-state index contributed by atoms with van der Waals surface area (Å²) in [5.41, 5.74) is 0.599. The van der Waals surface area contributed by atoms with Gasteiger partial charge in [0.05, 0.1) is 0 Å². The topological polar surface area (TPSA) is 87.2 Å². The lowest BCUT2D eigenvalue weighted by atomic mass is 10.2. The number of carbonyl (C=O) groups is 2. The van der Waals surface area contributed by atoms with E-state index in [4.69, 9.17) is 0 Å². The highest BCUT2D eigenvalue weighted by Gasteiger charge is 2.18. The Morgan fingerprint density at radius 3 is 2.28 bits per heavy atom. The summed E-state index contributed by atoms with van der Waals surface area (Å²) >= 11 is 0. The molecule has 0 spiro atoms. The van der Waals surface area contributed by atoms with Gasteiger partial charge in [-0.3, -0.25) is 9.59 Å². The van der Waals surface area contributed by atoms with Gasteiger partial charge >= 0.3 is 0 Å². The van der Waals surface area contributed by atoms with Gasteiger partial charge in [-0.15, -0.1) is 0 Å². The SMILES string of the molecule is CCN(CC)C(=O)C(=CNc1ncccn1)NC(=O)c1ccccc1. The van der Waals surface area contributed by atoms with Crippen LogP contribution in [0.4, 0.5) is 5.95 Å². The second kappa shape index (κ2) is 9.17. The van der Waals surface area contributed by atoms with Gasteiger partial charge in [-0.2, -0.15) is 0 Å². The van der Waals surface area contributed by atoms with E-state index in [1.54, 1.807) is 47.6 Å². The van der Waals surface area contributed by atoms with E-state index in [0.29, 0.717) is 24.6 Å². The van der Waals surface area contributed by atoms with E-state index < -0.39 is 0 Å². The third kappa shape index (κ3) is 5.13. The van der Waals surface area contributed by atoms with E-state index in [-0.39, 0.29) is 17.5 Å². The number of likely N-dealkylation sites (N-methyl/N-ethyl adjacent to an activating group) is 1. The normalized spacial score (nSPS) is 10.9. The Labute approximate surface area is 146 Å². The molecule has 25 heavy (non-hydrogen) atoms. The molecule has 2 rings (SSSR count). The molecule has 7 heteroatoms. The molecule has 1 aromatic heterocycles. The van der Waals surface area contributed by atoms with Crippen LogP contribution in [0.1, 0.15) is 24.2 Å². The molecule has 0 saturated heterocycles. The first-order valence-corrected chi connectivity index (χ1v) is 8.05. The minimum absolute atomic E-state index is 0.130. The fourth-order valence-corrected chi connectivity index (χ4v) is 2.13. The smallest absolute Gasteiger partial charge is 0.271 e. The van der Waals surface area contributed by atoms with Crippen molar-refractivity contribution in [3.8, 4) is 0 Å². The number of hydrogen-bond donors (Lipinski definition) is 2. The number of amides is 2. The maximum absolute atomic E-state index is 12.7. The first-order chi connectivity index (χ1) is 12.2. The van der Waals surface area contributed by atoms with Gasteiger partial charge in [0.1, 0.15) is 5.70 Å². The van der Waals surface area contributed by atoms with Gasteiger partial charge in [0.25, 0.3) is 11.8 Å². The average molecular weight is 339 g/mol. The maximum Gasteiger partial charge on any atom is 0.271 e. The van der Waals surface area contributed by atoms with Crippen LogP contribution in [0.2, 0.25) is 0 Å². The maximum atomic E-state index is 12.7. The van der Waals surface area contributed by atoms with Crippen molar-refractivity contribution in [2.75, 3.05) is 18.4 Å². The van der Waals surface area contributed by atoms with Gasteiger partial charge in [-0.05, 0) is 32.0 Å². The molecule has 0 saturated carbocycles. The number of carbonyl (C=O) groups excluding carboxylic acids is 2. The Bertz CT molecular complexity index is 728. The van der Waals surface area contributed by atoms with Crippen molar-refractivity contribution in [2.45, 2.75) is 13.8 Å². The summed E-state index contributed by atoms with van der Waals surface area (Å²) in [5.74, 6) is -0.304. The number of rotatable bonds is 7. The van der Waals surface area contributed by atoms with E-state index in [1.807, 2.05) is 19.9 Å². The number of benzene rings is 1. The van der Waals surface area contributed by atoms with Crippen LogP contribution in [0.5, 0.6) is 0 Å². The van der Waals surface area contributed by atoms with Gasteiger partial charge < -0.3 is 15.5 Å². The predicted octanol–water partition coefficient (Wildman–Crippen LogP) is 2.03. The summed E-state index contributed by atoms with van der Waals surface area (Å²) in [6, 6.07) is 10.4. The van der Waals surface area contributed by atoms with Crippen LogP contribution < -0.4 is 10.6 Å². The molecule has 1 heterocycles. The van der Waals surface area contributed by atoms with Crippen molar-refractivity contribution in [3.63, 3.8) is 0 Å². The Hall–Kier alpha value is -3.22. The third-order valence-electron chi connectivity index (χ3n) is 3.48. The zero-order valence-corrected chi connectivity index (χ0v) is 14.3. The van der Waals surface area contributed by atoms with E-state index in [1.165, 1.54) is 6.20 Å². The van der Waals surface area contributed by atoms with Gasteiger partial charge in [0.15, 0.2) is 0 Å². The minimum Gasteiger partial charge on any atom is -0.338 e. The second-order valence-electron chi connectivity index (χ2n) is 5.07. The van der Waals surface area contributed by atoms with Crippen LogP contribution in [-0.4, -0.2) is 39.8 Å². The first-order valence-electron chi connectivity index (χ1n) is 8.05. The van der Waals surface area contributed by atoms with E-state index in [0.717, 1.165) is 0 Å². The Balaban J connectivity index is 2.22. The van der Waals surface area contributed by atoms with Crippen LogP contribution in [0.3, 0.4) is 0 Å². The van der Waals surface area contributed by atoms with Crippen molar-refractivity contribution in [1.82, 2.24) is 20.2 Å². The third-order valence-corrected chi connectivity index (χ3v) is 3.48. The molecule has 0 radical (unpaired) electrons. The number of nitrogens with one attached hydrogen (secondary N) is 2. The van der Waals surface area contributed by atoms with Crippen LogP contribution in [-0.2, 0) is 4.79 Å². The number of hydrogen-bond acceptors (Lipinski definition) is 5. The molecule has 0 aliphatic heterocycles. The lowest BCUT2D eigenvalue weighted by molar-refractivity contribution is -0.127. The molecule has 1 aromatic carbocycles. The molecule has 2 amide bonds. The molecular formula is C18H21N5O2. The molecule has 0 aliphatic carbocycles. The summed E-state index contributed by atoms with van der Waals surface area (Å²) in [7, 11) is 0. The molecular weight excluding hydrogens is 318 g/mol. The lowest BCUT2D eigenvalue weighted by Gasteiger charge is -2.20. The summed E-state index contributed by atoms with van der Waals surface area (Å²) in [6.45, 7) is 4.84. The molecule has 0 aliphatic rings. The molecule has 0 bridgehead atoms. The molecule has 7 nitrogen and oxygen atoms in total. The van der Waals surface area contributed by atoms with Crippen LogP contribution in [0, 0.1) is 0 Å². The number of nitrogens with zero attached hydrogens (tertiary/aromatic N) is 3. The van der Waals surface area contributed by atoms with Crippen LogP contribution >= 0.6 is 0 Å². The quantitative estimate of drug-likeness (QED) is 0.754. The van der Waals surface area contributed by atoms with Gasteiger partial charge in [0.2, 0.25) is 5.95 Å². The zero-order valence-electron chi connectivity index (χ0n) is 14.3. The highest BCUT2D eigenvalue weighted by molar-refractivity contribution is 6.02.